The second-order valence-corrected chi connectivity index (χ2v) is 8.13. The van der Waals surface area contributed by atoms with Crippen molar-refractivity contribution in [1.82, 2.24) is 5.32 Å². The molecule has 0 aliphatic heterocycles. The molecule has 0 radical (unpaired) electrons. The minimum Gasteiger partial charge on any atom is -0.449 e. The Labute approximate surface area is 196 Å². The number of benzene rings is 3. The van der Waals surface area contributed by atoms with Crippen LogP contribution < -0.4 is 11.1 Å². The Bertz CT molecular complexity index is 1170. The first-order valence-electron chi connectivity index (χ1n) is 10.9. The molecule has 34 heavy (non-hydrogen) atoms. The van der Waals surface area contributed by atoms with E-state index in [1.807, 2.05) is 36.4 Å². The topological polar surface area (TPSA) is 148 Å². The Balaban J connectivity index is 1.29. The van der Waals surface area contributed by atoms with E-state index < -0.39 is 23.2 Å². The van der Waals surface area contributed by atoms with Gasteiger partial charge < -0.3 is 26.0 Å². The standard InChI is InChI=1S/C25H25N3O6/c26-21-10-9-15(13-22(21)28(32)33)24(30)23(29)11-12-27-25(31)34-14-20-18-7-3-1-5-16(18)17-6-2-4-8-19(17)20/h1-10,13,20,23-24,29-30H,11-12,14,26H2,(H,27,31). The Morgan fingerprint density at radius 1 is 1.06 bits per heavy atom. The van der Waals surface area contributed by atoms with Gasteiger partial charge in [-0.05, 0) is 40.3 Å². The molecule has 4 rings (SSSR count). The van der Waals surface area contributed by atoms with E-state index in [0.717, 1.165) is 28.3 Å². The highest BCUT2D eigenvalue weighted by molar-refractivity contribution is 5.79. The van der Waals surface area contributed by atoms with Crippen molar-refractivity contribution >= 4 is 17.5 Å². The summed E-state index contributed by atoms with van der Waals surface area (Å²) < 4.78 is 5.44. The van der Waals surface area contributed by atoms with Crippen molar-refractivity contribution in [2.24, 2.45) is 0 Å². The van der Waals surface area contributed by atoms with Crippen molar-refractivity contribution in [2.45, 2.75) is 24.5 Å². The Hall–Kier alpha value is -3.95. The molecule has 0 heterocycles. The van der Waals surface area contributed by atoms with Crippen LogP contribution in [0.4, 0.5) is 16.2 Å². The second kappa shape index (κ2) is 9.90. The molecule has 0 bridgehead atoms. The smallest absolute Gasteiger partial charge is 0.407 e. The predicted molar refractivity (Wildman–Crippen MR) is 126 cm³/mol. The number of hydrogen-bond donors (Lipinski definition) is 4. The molecule has 0 saturated heterocycles. The third-order valence-electron chi connectivity index (χ3n) is 6.01. The summed E-state index contributed by atoms with van der Waals surface area (Å²) in [6, 6.07) is 19.9. The predicted octanol–water partition coefficient (Wildman–Crippen LogP) is 3.50. The van der Waals surface area contributed by atoms with Crippen molar-refractivity contribution in [2.75, 3.05) is 18.9 Å². The third-order valence-corrected chi connectivity index (χ3v) is 6.01. The number of nitrogen functional groups attached to an aromatic ring is 1. The highest BCUT2D eigenvalue weighted by Crippen LogP contribution is 2.44. The molecular formula is C25H25N3O6. The molecule has 0 spiro atoms. The van der Waals surface area contributed by atoms with E-state index in [1.54, 1.807) is 0 Å². The summed E-state index contributed by atoms with van der Waals surface area (Å²) in [6.45, 7) is 0.214. The van der Waals surface area contributed by atoms with Gasteiger partial charge in [-0.3, -0.25) is 10.1 Å². The van der Waals surface area contributed by atoms with E-state index >= 15 is 0 Å². The van der Waals surface area contributed by atoms with Gasteiger partial charge in [0, 0.05) is 18.5 Å². The Morgan fingerprint density at radius 3 is 2.29 bits per heavy atom. The van der Waals surface area contributed by atoms with Crippen LogP contribution in [0.3, 0.4) is 0 Å². The van der Waals surface area contributed by atoms with Gasteiger partial charge in [0.05, 0.1) is 11.0 Å². The number of ether oxygens (including phenoxy) is 1. The van der Waals surface area contributed by atoms with E-state index in [4.69, 9.17) is 10.5 Å². The molecule has 1 aliphatic carbocycles. The number of nitrogens with zero attached hydrogens (tertiary/aromatic N) is 1. The number of hydrogen-bond acceptors (Lipinski definition) is 7. The molecule has 176 valence electrons. The van der Waals surface area contributed by atoms with Crippen LogP contribution in [0.1, 0.15) is 35.1 Å². The summed E-state index contributed by atoms with van der Waals surface area (Å²) in [7, 11) is 0. The van der Waals surface area contributed by atoms with E-state index in [0.29, 0.717) is 0 Å². The Morgan fingerprint density at radius 2 is 1.68 bits per heavy atom. The summed E-state index contributed by atoms with van der Waals surface area (Å²) in [5, 5.41) is 34.2. The number of amides is 1. The van der Waals surface area contributed by atoms with Gasteiger partial charge >= 0.3 is 6.09 Å². The monoisotopic (exact) mass is 463 g/mol. The number of alkyl carbamates (subject to hydrolysis) is 1. The van der Waals surface area contributed by atoms with Crippen molar-refractivity contribution in [3.05, 3.63) is 93.5 Å². The molecule has 0 fully saturated rings. The first-order valence-corrected chi connectivity index (χ1v) is 10.9. The van der Waals surface area contributed by atoms with E-state index in [1.165, 1.54) is 12.1 Å². The fraction of sp³-hybridized carbons (Fsp3) is 0.240. The number of carbonyl (C=O) groups excluding carboxylic acids is 1. The number of nitro benzene ring substituents is 1. The van der Waals surface area contributed by atoms with Crippen LogP contribution in [0.25, 0.3) is 11.1 Å². The molecule has 3 aromatic carbocycles. The SMILES string of the molecule is Nc1ccc(C(O)C(O)CCNC(=O)OCC2c3ccccc3-c3ccccc32)cc1[N+](=O)[O-]. The van der Waals surface area contributed by atoms with Gasteiger partial charge in [-0.2, -0.15) is 0 Å². The second-order valence-electron chi connectivity index (χ2n) is 8.13. The maximum absolute atomic E-state index is 12.2. The van der Waals surface area contributed by atoms with E-state index in [2.05, 4.69) is 17.4 Å². The zero-order valence-electron chi connectivity index (χ0n) is 18.3. The molecule has 3 aromatic rings. The van der Waals surface area contributed by atoms with Crippen molar-refractivity contribution in [1.29, 1.82) is 0 Å². The van der Waals surface area contributed by atoms with Gasteiger partial charge in [-0.1, -0.05) is 54.6 Å². The highest BCUT2D eigenvalue weighted by atomic mass is 16.6. The molecule has 9 nitrogen and oxygen atoms in total. The van der Waals surface area contributed by atoms with Crippen LogP contribution in [-0.2, 0) is 4.74 Å². The normalized spacial score (nSPS) is 14.1. The number of aliphatic hydroxyl groups is 2. The lowest BCUT2D eigenvalue weighted by molar-refractivity contribution is -0.384. The zero-order valence-corrected chi connectivity index (χ0v) is 18.3. The lowest BCUT2D eigenvalue weighted by atomic mass is 9.98. The van der Waals surface area contributed by atoms with E-state index in [-0.39, 0.29) is 42.4 Å². The fourth-order valence-electron chi connectivity index (χ4n) is 4.25. The fourth-order valence-corrected chi connectivity index (χ4v) is 4.25. The molecular weight excluding hydrogens is 438 g/mol. The molecule has 9 heteroatoms. The summed E-state index contributed by atoms with van der Waals surface area (Å²) >= 11 is 0. The molecule has 1 amide bonds. The van der Waals surface area contributed by atoms with Gasteiger partial charge in [0.25, 0.3) is 5.69 Å². The average Bonchev–Trinajstić information content (AvgIpc) is 3.16. The minimum atomic E-state index is -1.37. The summed E-state index contributed by atoms with van der Waals surface area (Å²) in [6.07, 6.45) is -3.24. The summed E-state index contributed by atoms with van der Waals surface area (Å²) in [4.78, 5) is 22.6. The molecule has 0 aromatic heterocycles. The largest absolute Gasteiger partial charge is 0.449 e. The maximum atomic E-state index is 12.2. The number of nitro groups is 1. The van der Waals surface area contributed by atoms with Gasteiger partial charge in [-0.25, -0.2) is 4.79 Å². The number of nitrogens with one attached hydrogen (secondary N) is 1. The van der Waals surface area contributed by atoms with Crippen molar-refractivity contribution in [3.63, 3.8) is 0 Å². The van der Waals surface area contributed by atoms with Gasteiger partial charge in [-0.15, -0.1) is 0 Å². The van der Waals surface area contributed by atoms with Crippen LogP contribution in [0.5, 0.6) is 0 Å². The van der Waals surface area contributed by atoms with Gasteiger partial charge in [0.2, 0.25) is 0 Å². The van der Waals surface area contributed by atoms with Crippen LogP contribution >= 0.6 is 0 Å². The third kappa shape index (κ3) is 4.70. The maximum Gasteiger partial charge on any atom is 0.407 e. The molecule has 2 unspecified atom stereocenters. The minimum absolute atomic E-state index is 0.0174. The van der Waals surface area contributed by atoms with E-state index in [9.17, 15) is 25.1 Å². The summed E-state index contributed by atoms with van der Waals surface area (Å²) in [5.74, 6) is -0.0631. The van der Waals surface area contributed by atoms with Gasteiger partial charge in [0.15, 0.2) is 0 Å². The van der Waals surface area contributed by atoms with Gasteiger partial charge in [0.1, 0.15) is 18.4 Å². The van der Waals surface area contributed by atoms with Crippen LogP contribution in [0, 0.1) is 10.1 Å². The lowest BCUT2D eigenvalue weighted by Crippen LogP contribution is -2.30. The van der Waals surface area contributed by atoms with Crippen molar-refractivity contribution < 1.29 is 24.7 Å². The molecule has 1 aliphatic rings. The number of carbonyl (C=O) groups is 1. The average molecular weight is 463 g/mol. The molecule has 2 atom stereocenters. The lowest BCUT2D eigenvalue weighted by Gasteiger charge is -2.19. The number of fused-ring (bicyclic) bond motifs is 3. The molecule has 0 saturated carbocycles. The number of rotatable bonds is 8. The quantitative estimate of drug-likeness (QED) is 0.227. The Kier molecular flexibility index (Phi) is 6.76. The van der Waals surface area contributed by atoms with Crippen LogP contribution in [0.15, 0.2) is 66.7 Å². The first-order chi connectivity index (χ1) is 16.4. The number of nitrogens with two attached hydrogens (primary N) is 1. The summed E-state index contributed by atoms with van der Waals surface area (Å²) in [5.41, 5.74) is 9.81. The molecule has 5 N–H and O–H groups in total. The van der Waals surface area contributed by atoms with Crippen LogP contribution in [-0.4, -0.2) is 40.5 Å². The number of anilines is 1. The highest BCUT2D eigenvalue weighted by Gasteiger charge is 2.29. The van der Waals surface area contributed by atoms with Crippen molar-refractivity contribution in [3.8, 4) is 11.1 Å². The first kappa shape index (κ1) is 23.2. The zero-order chi connectivity index (χ0) is 24.2. The number of aliphatic hydroxyl groups excluding tert-OH is 2. The van der Waals surface area contributed by atoms with Crippen LogP contribution in [0.2, 0.25) is 0 Å².